The van der Waals surface area contributed by atoms with Gasteiger partial charge in [0.1, 0.15) is 0 Å². The van der Waals surface area contributed by atoms with Crippen LogP contribution < -0.4 is 5.69 Å². The number of nitrogens with zero attached hydrogens (tertiary/aromatic N) is 3. The van der Waals surface area contributed by atoms with Gasteiger partial charge in [-0.2, -0.15) is 4.68 Å². The first-order valence-electron chi connectivity index (χ1n) is 3.58. The third-order valence-corrected chi connectivity index (χ3v) is 1.88. The molecule has 0 amide bonds. The van der Waals surface area contributed by atoms with Crippen LogP contribution in [0.1, 0.15) is 0 Å². The monoisotopic (exact) mass is 229 g/mol. The first-order chi connectivity index (χ1) is 6.66. The molecule has 0 atom stereocenters. The summed E-state index contributed by atoms with van der Waals surface area (Å²) in [6.07, 6.45) is 0. The summed E-state index contributed by atoms with van der Waals surface area (Å²) in [5.41, 5.74) is -0.397. The van der Waals surface area contributed by atoms with Gasteiger partial charge in [-0.15, -0.1) is 10.2 Å². The highest BCUT2D eigenvalue weighted by Crippen LogP contribution is 2.03. The molecular weight excluding hydrogens is 226 g/mol. The lowest BCUT2D eigenvalue weighted by Gasteiger charge is -1.96. The molecule has 0 spiro atoms. The van der Waals surface area contributed by atoms with E-state index in [-0.39, 0.29) is 9.92 Å². The number of aromatic amines is 2. The maximum absolute atomic E-state index is 11.2. The number of hydrogen-bond donors (Lipinski definition) is 2. The molecular formula is C6H4ClN5OS. The van der Waals surface area contributed by atoms with Crippen LogP contribution in [0, 0.1) is 4.77 Å². The summed E-state index contributed by atoms with van der Waals surface area (Å²) in [6, 6.07) is 3.08. The fourth-order valence-electron chi connectivity index (χ4n) is 0.923. The van der Waals surface area contributed by atoms with Crippen molar-refractivity contribution in [3.05, 3.63) is 32.5 Å². The van der Waals surface area contributed by atoms with Crippen molar-refractivity contribution < 1.29 is 0 Å². The molecule has 72 valence electrons. The second-order valence-electron chi connectivity index (χ2n) is 2.42. The van der Waals surface area contributed by atoms with Gasteiger partial charge in [-0.05, 0) is 24.4 Å². The lowest BCUT2D eigenvalue weighted by atomic mass is 10.5. The molecule has 6 nitrogen and oxygen atoms in total. The minimum Gasteiger partial charge on any atom is -0.281 e. The van der Waals surface area contributed by atoms with Crippen molar-refractivity contribution in [1.29, 1.82) is 0 Å². The predicted octanol–water partition coefficient (Wildman–Crippen LogP) is 0.667. The lowest BCUT2D eigenvalue weighted by molar-refractivity contribution is 0.784. The molecule has 2 N–H and O–H groups in total. The first-order valence-corrected chi connectivity index (χ1v) is 4.36. The van der Waals surface area contributed by atoms with E-state index in [4.69, 9.17) is 23.8 Å². The summed E-state index contributed by atoms with van der Waals surface area (Å²) < 4.78 is 1.37. The average Bonchev–Trinajstić information content (AvgIpc) is 2.47. The normalized spacial score (nSPS) is 10.4. The van der Waals surface area contributed by atoms with Gasteiger partial charge in [-0.3, -0.25) is 10.1 Å². The summed E-state index contributed by atoms with van der Waals surface area (Å²) in [5.74, 6) is 0.326. The van der Waals surface area contributed by atoms with E-state index >= 15 is 0 Å². The highest BCUT2D eigenvalue weighted by Gasteiger charge is 2.02. The fourth-order valence-corrected chi connectivity index (χ4v) is 1.20. The summed E-state index contributed by atoms with van der Waals surface area (Å²) >= 11 is 10.3. The number of nitrogens with one attached hydrogen (secondary N) is 2. The summed E-state index contributed by atoms with van der Waals surface area (Å²) in [4.78, 5) is 13.6. The molecule has 0 radical (unpaired) electrons. The smallest absolute Gasteiger partial charge is 0.281 e. The Morgan fingerprint density at radius 3 is 2.71 bits per heavy atom. The largest absolute Gasteiger partial charge is 0.348 e. The van der Waals surface area contributed by atoms with Gasteiger partial charge < -0.3 is 0 Å². The number of H-pyrrole nitrogens is 2. The predicted molar refractivity (Wildman–Crippen MR) is 52.2 cm³/mol. The molecule has 2 aromatic heterocycles. The number of halogens is 1. The molecule has 0 aliphatic heterocycles. The molecule has 0 saturated heterocycles. The Balaban J connectivity index is 2.60. The Morgan fingerprint density at radius 2 is 2.21 bits per heavy atom. The molecule has 14 heavy (non-hydrogen) atoms. The molecule has 0 fully saturated rings. The van der Waals surface area contributed by atoms with Crippen LogP contribution in [-0.2, 0) is 0 Å². The Morgan fingerprint density at radius 1 is 1.43 bits per heavy atom. The molecule has 2 rings (SSSR count). The fraction of sp³-hybridized carbons (Fsp3) is 0. The Labute approximate surface area is 87.5 Å². The van der Waals surface area contributed by atoms with Crippen molar-refractivity contribution in [2.45, 2.75) is 0 Å². The summed E-state index contributed by atoms with van der Waals surface area (Å²) in [6.45, 7) is 0. The van der Waals surface area contributed by atoms with Gasteiger partial charge in [0, 0.05) is 0 Å². The summed E-state index contributed by atoms with van der Waals surface area (Å²) in [5, 5.41) is 10.2. The first kappa shape index (κ1) is 9.10. The molecule has 2 aromatic rings. The average molecular weight is 230 g/mol. The van der Waals surface area contributed by atoms with Crippen molar-refractivity contribution >= 4 is 23.8 Å². The molecule has 0 aromatic carbocycles. The molecule has 0 aliphatic carbocycles. The van der Waals surface area contributed by atoms with Crippen LogP contribution in [0.25, 0.3) is 5.82 Å². The zero-order valence-corrected chi connectivity index (χ0v) is 8.26. The Kier molecular flexibility index (Phi) is 2.18. The van der Waals surface area contributed by atoms with Crippen molar-refractivity contribution in [3.63, 3.8) is 0 Å². The molecule has 0 aliphatic rings. The van der Waals surface area contributed by atoms with Gasteiger partial charge in [0.2, 0.25) is 0 Å². The second kappa shape index (κ2) is 3.35. The van der Waals surface area contributed by atoms with Crippen LogP contribution >= 0.6 is 23.8 Å². The maximum atomic E-state index is 11.2. The van der Waals surface area contributed by atoms with E-state index in [0.29, 0.717) is 5.82 Å². The van der Waals surface area contributed by atoms with E-state index in [0.717, 1.165) is 4.68 Å². The zero-order chi connectivity index (χ0) is 10.1. The standard InChI is InChI=1S/C6H4ClN5OS/c7-3-1-2-4(10-9-3)12-6(13)8-5(14)11-12/h1-2H,(H2,8,11,13,14). The van der Waals surface area contributed by atoms with Gasteiger partial charge in [0.15, 0.2) is 15.7 Å². The SMILES string of the molecule is O=c1[nH]c(=S)[nH]n1-c1ccc(Cl)nn1. The minimum atomic E-state index is -0.397. The quantitative estimate of drug-likeness (QED) is 0.705. The molecule has 2 heterocycles. The van der Waals surface area contributed by atoms with E-state index < -0.39 is 5.69 Å². The number of rotatable bonds is 1. The van der Waals surface area contributed by atoms with Crippen molar-refractivity contribution in [2.24, 2.45) is 0 Å². The second-order valence-corrected chi connectivity index (χ2v) is 3.22. The van der Waals surface area contributed by atoms with Gasteiger partial charge in [0.25, 0.3) is 0 Å². The van der Waals surface area contributed by atoms with E-state index in [1.807, 2.05) is 0 Å². The lowest BCUT2D eigenvalue weighted by Crippen LogP contribution is -2.17. The Hall–Kier alpha value is -1.47. The highest BCUT2D eigenvalue weighted by atomic mass is 35.5. The molecule has 0 unspecified atom stereocenters. The minimum absolute atomic E-state index is 0.228. The van der Waals surface area contributed by atoms with Crippen LogP contribution in [0.3, 0.4) is 0 Å². The highest BCUT2D eigenvalue weighted by molar-refractivity contribution is 7.71. The van der Waals surface area contributed by atoms with Crippen molar-refractivity contribution in [3.8, 4) is 5.82 Å². The maximum Gasteiger partial charge on any atom is 0.348 e. The number of hydrogen-bond acceptors (Lipinski definition) is 4. The Bertz CT molecular complexity index is 553. The van der Waals surface area contributed by atoms with Gasteiger partial charge in [-0.25, -0.2) is 4.79 Å². The molecule has 0 bridgehead atoms. The topological polar surface area (TPSA) is 79.4 Å². The van der Waals surface area contributed by atoms with E-state index in [9.17, 15) is 4.79 Å². The molecule has 0 saturated carbocycles. The van der Waals surface area contributed by atoms with Crippen LogP contribution in [0.5, 0.6) is 0 Å². The van der Waals surface area contributed by atoms with E-state index in [2.05, 4.69) is 20.3 Å². The van der Waals surface area contributed by atoms with E-state index in [1.165, 1.54) is 6.07 Å². The van der Waals surface area contributed by atoms with Gasteiger partial charge >= 0.3 is 5.69 Å². The van der Waals surface area contributed by atoms with Gasteiger partial charge in [0.05, 0.1) is 0 Å². The van der Waals surface area contributed by atoms with Crippen LogP contribution in [0.15, 0.2) is 16.9 Å². The van der Waals surface area contributed by atoms with E-state index in [1.54, 1.807) is 6.07 Å². The third kappa shape index (κ3) is 1.59. The third-order valence-electron chi connectivity index (χ3n) is 1.48. The van der Waals surface area contributed by atoms with Crippen LogP contribution in [0.4, 0.5) is 0 Å². The zero-order valence-electron chi connectivity index (χ0n) is 6.69. The molecule has 8 heteroatoms. The van der Waals surface area contributed by atoms with Crippen LogP contribution in [-0.4, -0.2) is 25.0 Å². The van der Waals surface area contributed by atoms with Crippen LogP contribution in [0.2, 0.25) is 5.15 Å². The van der Waals surface area contributed by atoms with Crippen molar-refractivity contribution in [1.82, 2.24) is 25.0 Å². The van der Waals surface area contributed by atoms with Crippen molar-refractivity contribution in [2.75, 3.05) is 0 Å². The van der Waals surface area contributed by atoms with Gasteiger partial charge in [-0.1, -0.05) is 11.6 Å². The summed E-state index contributed by atoms with van der Waals surface area (Å²) in [7, 11) is 0. The number of aromatic nitrogens is 5.